The Balaban J connectivity index is 1.81. The Kier molecular flexibility index (Phi) is 2.96. The van der Waals surface area contributed by atoms with Crippen molar-refractivity contribution < 1.29 is 9.53 Å². The predicted octanol–water partition coefficient (Wildman–Crippen LogP) is 2.17. The van der Waals surface area contributed by atoms with Crippen molar-refractivity contribution in [3.05, 3.63) is 22.4 Å². The highest BCUT2D eigenvalue weighted by atomic mass is 79.9. The van der Waals surface area contributed by atoms with Gasteiger partial charge in [0.15, 0.2) is 0 Å². The van der Waals surface area contributed by atoms with E-state index in [1.807, 2.05) is 11.0 Å². The minimum Gasteiger partial charge on any atom is -0.374 e. The lowest BCUT2D eigenvalue weighted by molar-refractivity contribution is -0.0447. The highest BCUT2D eigenvalue weighted by molar-refractivity contribution is 9.10. The van der Waals surface area contributed by atoms with E-state index in [1.165, 1.54) is 0 Å². The van der Waals surface area contributed by atoms with Crippen molar-refractivity contribution in [2.24, 2.45) is 0 Å². The predicted molar refractivity (Wildman–Crippen MR) is 66.9 cm³/mol. The number of nitrogens with zero attached hydrogens (tertiary/aromatic N) is 1. The van der Waals surface area contributed by atoms with Gasteiger partial charge in [-0.15, -0.1) is 0 Å². The number of aromatic amines is 1. The van der Waals surface area contributed by atoms with Crippen LogP contribution in [0.25, 0.3) is 0 Å². The zero-order chi connectivity index (χ0) is 11.8. The molecule has 2 heterocycles. The second-order valence-electron chi connectivity index (χ2n) is 4.64. The molecular formula is C12H15BrN2O2. The van der Waals surface area contributed by atoms with E-state index in [0.717, 1.165) is 23.7 Å². The van der Waals surface area contributed by atoms with Gasteiger partial charge in [-0.2, -0.15) is 0 Å². The van der Waals surface area contributed by atoms with E-state index < -0.39 is 0 Å². The lowest BCUT2D eigenvalue weighted by atomic mass is 10.1. The standard InChI is InChI=1S/C12H15BrN2O2/c13-8-6-9(14-7-8)12(16)15-4-5-17-11-3-1-2-10(11)15/h6-7,10-11,14H,1-5H2. The summed E-state index contributed by atoms with van der Waals surface area (Å²) in [6, 6.07) is 2.11. The molecule has 1 N–H and O–H groups in total. The molecule has 1 amide bonds. The smallest absolute Gasteiger partial charge is 0.270 e. The Labute approximate surface area is 108 Å². The van der Waals surface area contributed by atoms with E-state index in [2.05, 4.69) is 20.9 Å². The van der Waals surface area contributed by atoms with Crippen LogP contribution in [0.15, 0.2) is 16.7 Å². The van der Waals surface area contributed by atoms with Crippen molar-refractivity contribution >= 4 is 21.8 Å². The summed E-state index contributed by atoms with van der Waals surface area (Å²) in [6.45, 7) is 1.37. The fourth-order valence-corrected chi connectivity index (χ4v) is 3.17. The van der Waals surface area contributed by atoms with E-state index in [0.29, 0.717) is 18.8 Å². The summed E-state index contributed by atoms with van der Waals surface area (Å²) in [5, 5.41) is 0. The molecule has 0 aromatic carbocycles. The molecule has 1 aliphatic carbocycles. The number of carbonyl (C=O) groups excluding carboxylic acids is 1. The van der Waals surface area contributed by atoms with Gasteiger partial charge in [0.05, 0.1) is 18.8 Å². The quantitative estimate of drug-likeness (QED) is 0.864. The average Bonchev–Trinajstić information content (AvgIpc) is 2.95. The maximum Gasteiger partial charge on any atom is 0.270 e. The van der Waals surface area contributed by atoms with Crippen LogP contribution < -0.4 is 0 Å². The number of hydrogen-bond acceptors (Lipinski definition) is 2. The monoisotopic (exact) mass is 298 g/mol. The number of hydrogen-bond donors (Lipinski definition) is 1. The zero-order valence-corrected chi connectivity index (χ0v) is 11.1. The normalized spacial score (nSPS) is 28.2. The fraction of sp³-hybridized carbons (Fsp3) is 0.583. The number of nitrogens with one attached hydrogen (secondary N) is 1. The van der Waals surface area contributed by atoms with Gasteiger partial charge in [-0.25, -0.2) is 0 Å². The van der Waals surface area contributed by atoms with Crippen LogP contribution in [-0.2, 0) is 4.74 Å². The fourth-order valence-electron chi connectivity index (χ4n) is 2.82. The molecule has 4 nitrogen and oxygen atoms in total. The Hall–Kier alpha value is -0.810. The SMILES string of the molecule is O=C(c1cc(Br)c[nH]1)N1CCOC2CCCC21. The largest absolute Gasteiger partial charge is 0.374 e. The van der Waals surface area contributed by atoms with Gasteiger partial charge >= 0.3 is 0 Å². The summed E-state index contributed by atoms with van der Waals surface area (Å²) in [4.78, 5) is 17.3. The van der Waals surface area contributed by atoms with Crippen LogP contribution in [0, 0.1) is 0 Å². The minimum atomic E-state index is 0.0934. The molecule has 2 unspecified atom stereocenters. The van der Waals surface area contributed by atoms with Crippen molar-refractivity contribution in [2.45, 2.75) is 31.4 Å². The maximum absolute atomic E-state index is 12.4. The third-order valence-electron chi connectivity index (χ3n) is 3.62. The van der Waals surface area contributed by atoms with E-state index in [-0.39, 0.29) is 18.1 Å². The zero-order valence-electron chi connectivity index (χ0n) is 9.49. The topological polar surface area (TPSA) is 45.3 Å². The summed E-state index contributed by atoms with van der Waals surface area (Å²) in [7, 11) is 0. The summed E-state index contributed by atoms with van der Waals surface area (Å²) >= 11 is 3.35. The molecule has 5 heteroatoms. The lowest BCUT2D eigenvalue weighted by Gasteiger charge is -2.37. The number of fused-ring (bicyclic) bond motifs is 1. The Morgan fingerprint density at radius 1 is 1.53 bits per heavy atom. The van der Waals surface area contributed by atoms with Crippen LogP contribution in [0.4, 0.5) is 0 Å². The number of ether oxygens (including phenoxy) is 1. The number of H-pyrrole nitrogens is 1. The van der Waals surface area contributed by atoms with Gasteiger partial charge in [-0.05, 0) is 41.3 Å². The number of morpholine rings is 1. The molecule has 0 bridgehead atoms. The first kappa shape index (κ1) is 11.3. The van der Waals surface area contributed by atoms with E-state index in [9.17, 15) is 4.79 Å². The molecule has 0 spiro atoms. The first-order valence-corrected chi connectivity index (χ1v) is 6.81. The molecule has 2 aliphatic rings. The molecule has 1 aliphatic heterocycles. The van der Waals surface area contributed by atoms with Gasteiger partial charge in [0.2, 0.25) is 0 Å². The van der Waals surface area contributed by atoms with Crippen molar-refractivity contribution in [1.29, 1.82) is 0 Å². The molecule has 1 aromatic heterocycles. The number of amides is 1. The van der Waals surface area contributed by atoms with Gasteiger partial charge in [0, 0.05) is 17.2 Å². The molecule has 2 fully saturated rings. The highest BCUT2D eigenvalue weighted by Crippen LogP contribution is 2.30. The van der Waals surface area contributed by atoms with Gasteiger partial charge in [0.1, 0.15) is 5.69 Å². The molecule has 92 valence electrons. The second-order valence-corrected chi connectivity index (χ2v) is 5.55. The second kappa shape index (κ2) is 4.46. The van der Waals surface area contributed by atoms with Crippen LogP contribution in [0.5, 0.6) is 0 Å². The van der Waals surface area contributed by atoms with Gasteiger partial charge in [-0.1, -0.05) is 0 Å². The molecule has 17 heavy (non-hydrogen) atoms. The van der Waals surface area contributed by atoms with Crippen molar-refractivity contribution in [3.8, 4) is 0 Å². The third-order valence-corrected chi connectivity index (χ3v) is 4.08. The van der Waals surface area contributed by atoms with Crippen LogP contribution in [0.2, 0.25) is 0 Å². The van der Waals surface area contributed by atoms with Crippen LogP contribution in [-0.4, -0.2) is 41.1 Å². The van der Waals surface area contributed by atoms with E-state index in [4.69, 9.17) is 4.74 Å². The summed E-state index contributed by atoms with van der Waals surface area (Å²) < 4.78 is 6.62. The molecule has 1 saturated heterocycles. The van der Waals surface area contributed by atoms with Crippen LogP contribution in [0.1, 0.15) is 29.8 Å². The molecular weight excluding hydrogens is 284 g/mol. The van der Waals surface area contributed by atoms with Crippen LogP contribution >= 0.6 is 15.9 Å². The molecule has 0 radical (unpaired) electrons. The average molecular weight is 299 g/mol. The molecule has 1 aromatic rings. The maximum atomic E-state index is 12.4. The molecule has 1 saturated carbocycles. The summed E-state index contributed by atoms with van der Waals surface area (Å²) in [5.41, 5.74) is 0.657. The lowest BCUT2D eigenvalue weighted by Crippen LogP contribution is -2.51. The van der Waals surface area contributed by atoms with E-state index in [1.54, 1.807) is 6.20 Å². The Morgan fingerprint density at radius 2 is 2.41 bits per heavy atom. The highest BCUT2D eigenvalue weighted by Gasteiger charge is 2.38. The first-order chi connectivity index (χ1) is 8.25. The number of aromatic nitrogens is 1. The number of carbonyl (C=O) groups is 1. The summed E-state index contributed by atoms with van der Waals surface area (Å²) in [6.07, 6.45) is 5.36. The number of rotatable bonds is 1. The summed E-state index contributed by atoms with van der Waals surface area (Å²) in [5.74, 6) is 0.0934. The van der Waals surface area contributed by atoms with E-state index >= 15 is 0 Å². The van der Waals surface area contributed by atoms with Gasteiger partial charge in [-0.3, -0.25) is 4.79 Å². The Morgan fingerprint density at radius 3 is 3.18 bits per heavy atom. The van der Waals surface area contributed by atoms with Crippen molar-refractivity contribution in [1.82, 2.24) is 9.88 Å². The molecule has 3 rings (SSSR count). The molecule has 2 atom stereocenters. The first-order valence-electron chi connectivity index (χ1n) is 6.02. The van der Waals surface area contributed by atoms with Crippen LogP contribution in [0.3, 0.4) is 0 Å². The van der Waals surface area contributed by atoms with Crippen molar-refractivity contribution in [2.75, 3.05) is 13.2 Å². The number of halogens is 1. The minimum absolute atomic E-state index is 0.0934. The third kappa shape index (κ3) is 2.02. The van der Waals surface area contributed by atoms with Crippen molar-refractivity contribution in [3.63, 3.8) is 0 Å². The van der Waals surface area contributed by atoms with Gasteiger partial charge < -0.3 is 14.6 Å². The Bertz CT molecular complexity index is 432. The van der Waals surface area contributed by atoms with Gasteiger partial charge in [0.25, 0.3) is 5.91 Å².